The van der Waals surface area contributed by atoms with E-state index in [-0.39, 0.29) is 29.5 Å². The number of nitrogens with one attached hydrogen (secondary N) is 1. The molecule has 3 rings (SSSR count). The Morgan fingerprint density at radius 3 is 2.59 bits per heavy atom. The number of aromatic hydroxyl groups is 2. The van der Waals surface area contributed by atoms with E-state index in [4.69, 9.17) is 16.3 Å². The molecule has 0 radical (unpaired) electrons. The van der Waals surface area contributed by atoms with E-state index in [2.05, 4.69) is 10.5 Å². The van der Waals surface area contributed by atoms with Gasteiger partial charge in [-0.15, -0.1) is 0 Å². The molecule has 1 amide bonds. The summed E-state index contributed by atoms with van der Waals surface area (Å²) in [5.74, 6) is -1.04. The maximum atomic E-state index is 13.3. The number of hydrazone groups is 1. The Bertz CT molecular complexity index is 1050. The molecule has 0 spiro atoms. The molecule has 0 unspecified atom stereocenters. The van der Waals surface area contributed by atoms with Gasteiger partial charge in [0.25, 0.3) is 5.91 Å². The SMILES string of the molecule is O=C(N/N=C\c1cc(Cl)ccc1OCc1cccc(F)c1)c1cc(O)cc(O)c1. The van der Waals surface area contributed by atoms with Gasteiger partial charge in [0, 0.05) is 22.2 Å². The van der Waals surface area contributed by atoms with Crippen molar-refractivity contribution in [1.82, 2.24) is 5.43 Å². The number of hydrogen-bond donors (Lipinski definition) is 3. The molecule has 6 nitrogen and oxygen atoms in total. The summed E-state index contributed by atoms with van der Waals surface area (Å²) in [5.41, 5.74) is 3.47. The number of hydrogen-bond acceptors (Lipinski definition) is 5. The van der Waals surface area contributed by atoms with E-state index in [1.165, 1.54) is 30.5 Å². The Balaban J connectivity index is 1.71. The third kappa shape index (κ3) is 5.70. The minimum Gasteiger partial charge on any atom is -0.508 e. The van der Waals surface area contributed by atoms with Crippen molar-refractivity contribution in [2.24, 2.45) is 5.10 Å². The lowest BCUT2D eigenvalue weighted by Crippen LogP contribution is -2.17. The lowest BCUT2D eigenvalue weighted by atomic mass is 10.2. The van der Waals surface area contributed by atoms with E-state index in [0.717, 1.165) is 6.07 Å². The molecule has 148 valence electrons. The van der Waals surface area contributed by atoms with Gasteiger partial charge in [0.1, 0.15) is 29.7 Å². The van der Waals surface area contributed by atoms with Crippen LogP contribution in [0.3, 0.4) is 0 Å². The molecule has 3 aromatic rings. The first-order chi connectivity index (χ1) is 13.9. The van der Waals surface area contributed by atoms with E-state index >= 15 is 0 Å². The second-order valence-electron chi connectivity index (χ2n) is 6.04. The summed E-state index contributed by atoms with van der Waals surface area (Å²) in [6.45, 7) is 0.134. The van der Waals surface area contributed by atoms with E-state index in [1.54, 1.807) is 30.3 Å². The number of carbonyl (C=O) groups is 1. The number of benzene rings is 3. The number of ether oxygens (including phenoxy) is 1. The Kier molecular flexibility index (Phi) is 6.31. The summed E-state index contributed by atoms with van der Waals surface area (Å²) in [6, 6.07) is 14.4. The average Bonchev–Trinajstić information content (AvgIpc) is 2.66. The van der Waals surface area contributed by atoms with Crippen LogP contribution in [-0.2, 0) is 6.61 Å². The maximum absolute atomic E-state index is 13.3. The molecular formula is C21H16ClFN2O4. The first kappa shape index (κ1) is 20.2. The molecule has 3 N–H and O–H groups in total. The molecule has 0 aromatic heterocycles. The van der Waals surface area contributed by atoms with Gasteiger partial charge in [-0.3, -0.25) is 4.79 Å². The minimum absolute atomic E-state index is 0.0355. The van der Waals surface area contributed by atoms with Crippen LogP contribution in [-0.4, -0.2) is 22.3 Å². The van der Waals surface area contributed by atoms with E-state index < -0.39 is 5.91 Å². The first-order valence-electron chi connectivity index (χ1n) is 8.44. The normalized spacial score (nSPS) is 10.8. The van der Waals surface area contributed by atoms with Gasteiger partial charge >= 0.3 is 0 Å². The van der Waals surface area contributed by atoms with Gasteiger partial charge in [0.15, 0.2) is 0 Å². The number of halogens is 2. The standard InChI is InChI=1S/C21H16ClFN2O4/c22-16-4-5-20(29-12-13-2-1-3-17(23)6-13)15(7-16)11-24-25-21(28)14-8-18(26)10-19(27)9-14/h1-11,26-27H,12H2,(H,25,28)/b24-11-. The third-order valence-electron chi connectivity index (χ3n) is 3.79. The highest BCUT2D eigenvalue weighted by Crippen LogP contribution is 2.23. The lowest BCUT2D eigenvalue weighted by molar-refractivity contribution is 0.0954. The van der Waals surface area contributed by atoms with Crippen LogP contribution >= 0.6 is 11.6 Å². The average molecular weight is 415 g/mol. The molecule has 0 atom stereocenters. The van der Waals surface area contributed by atoms with Crippen molar-refractivity contribution in [2.45, 2.75) is 6.61 Å². The van der Waals surface area contributed by atoms with Crippen LogP contribution < -0.4 is 10.2 Å². The predicted octanol–water partition coefficient (Wildman–Crippen LogP) is 4.23. The third-order valence-corrected chi connectivity index (χ3v) is 4.02. The highest BCUT2D eigenvalue weighted by atomic mass is 35.5. The quantitative estimate of drug-likeness (QED) is 0.415. The van der Waals surface area contributed by atoms with Gasteiger partial charge in [-0.2, -0.15) is 5.10 Å². The summed E-state index contributed by atoms with van der Waals surface area (Å²) in [5, 5.41) is 23.2. The number of phenolic OH excluding ortho intramolecular Hbond substituents is 2. The molecule has 0 aliphatic carbocycles. The van der Waals surface area contributed by atoms with Crippen LogP contribution in [0.1, 0.15) is 21.5 Å². The lowest BCUT2D eigenvalue weighted by Gasteiger charge is -2.10. The zero-order valence-electron chi connectivity index (χ0n) is 15.0. The molecule has 0 fully saturated rings. The van der Waals surface area contributed by atoms with Gasteiger partial charge in [0.05, 0.1) is 6.21 Å². The van der Waals surface area contributed by atoms with Crippen LogP contribution in [0.5, 0.6) is 17.2 Å². The van der Waals surface area contributed by atoms with Crippen molar-refractivity contribution >= 4 is 23.7 Å². The van der Waals surface area contributed by atoms with Crippen molar-refractivity contribution in [2.75, 3.05) is 0 Å². The molecule has 0 aliphatic rings. The summed E-state index contributed by atoms with van der Waals surface area (Å²) < 4.78 is 19.0. The summed E-state index contributed by atoms with van der Waals surface area (Å²) in [6.07, 6.45) is 1.34. The van der Waals surface area contributed by atoms with E-state index in [9.17, 15) is 19.4 Å². The van der Waals surface area contributed by atoms with Gasteiger partial charge in [0.2, 0.25) is 0 Å². The molecule has 0 saturated carbocycles. The summed E-state index contributed by atoms with van der Waals surface area (Å²) in [4.78, 5) is 12.1. The fourth-order valence-electron chi connectivity index (χ4n) is 2.49. The summed E-state index contributed by atoms with van der Waals surface area (Å²) in [7, 11) is 0. The van der Waals surface area contributed by atoms with E-state index in [1.807, 2.05) is 0 Å². The van der Waals surface area contributed by atoms with Crippen LogP contribution in [0, 0.1) is 5.82 Å². The summed E-state index contributed by atoms with van der Waals surface area (Å²) >= 11 is 6.02. The number of nitrogens with zero attached hydrogens (tertiary/aromatic N) is 1. The molecular weight excluding hydrogens is 399 g/mol. The van der Waals surface area contributed by atoms with Crippen LogP contribution in [0.4, 0.5) is 4.39 Å². The minimum atomic E-state index is -0.628. The molecule has 3 aromatic carbocycles. The fourth-order valence-corrected chi connectivity index (χ4v) is 2.67. The molecule has 0 saturated heterocycles. The zero-order chi connectivity index (χ0) is 20.8. The fraction of sp³-hybridized carbons (Fsp3) is 0.0476. The Hall–Kier alpha value is -3.58. The van der Waals surface area contributed by atoms with Gasteiger partial charge in [-0.1, -0.05) is 23.7 Å². The highest BCUT2D eigenvalue weighted by Gasteiger charge is 2.08. The van der Waals surface area contributed by atoms with Gasteiger partial charge in [-0.05, 0) is 48.0 Å². The van der Waals surface area contributed by atoms with Crippen molar-refractivity contribution in [3.05, 3.63) is 88.2 Å². The van der Waals surface area contributed by atoms with Crippen LogP contribution in [0.15, 0.2) is 65.8 Å². The smallest absolute Gasteiger partial charge is 0.271 e. The molecule has 0 bridgehead atoms. The molecule has 0 heterocycles. The monoisotopic (exact) mass is 414 g/mol. The first-order valence-corrected chi connectivity index (χ1v) is 8.82. The Morgan fingerprint density at radius 1 is 1.10 bits per heavy atom. The second-order valence-corrected chi connectivity index (χ2v) is 6.47. The topological polar surface area (TPSA) is 91.2 Å². The Morgan fingerprint density at radius 2 is 1.86 bits per heavy atom. The maximum Gasteiger partial charge on any atom is 0.271 e. The van der Waals surface area contributed by atoms with Crippen molar-refractivity contribution < 1.29 is 24.1 Å². The number of rotatable bonds is 6. The molecule has 0 aliphatic heterocycles. The Labute approximate surface area is 170 Å². The molecule has 8 heteroatoms. The second kappa shape index (κ2) is 9.07. The van der Waals surface area contributed by atoms with Gasteiger partial charge < -0.3 is 14.9 Å². The predicted molar refractivity (Wildman–Crippen MR) is 107 cm³/mol. The number of amides is 1. The largest absolute Gasteiger partial charge is 0.508 e. The highest BCUT2D eigenvalue weighted by molar-refractivity contribution is 6.30. The van der Waals surface area contributed by atoms with Crippen LogP contribution in [0.2, 0.25) is 5.02 Å². The van der Waals surface area contributed by atoms with Crippen molar-refractivity contribution in [3.8, 4) is 17.2 Å². The van der Waals surface area contributed by atoms with Gasteiger partial charge in [-0.25, -0.2) is 9.82 Å². The van der Waals surface area contributed by atoms with E-state index in [0.29, 0.717) is 21.9 Å². The van der Waals surface area contributed by atoms with Crippen LogP contribution in [0.25, 0.3) is 0 Å². The number of carbonyl (C=O) groups excluding carboxylic acids is 1. The number of phenols is 2. The zero-order valence-corrected chi connectivity index (χ0v) is 15.7. The molecule has 29 heavy (non-hydrogen) atoms. The van der Waals surface area contributed by atoms with Crippen molar-refractivity contribution in [3.63, 3.8) is 0 Å². The van der Waals surface area contributed by atoms with Crippen molar-refractivity contribution in [1.29, 1.82) is 0 Å².